The van der Waals surface area contributed by atoms with Gasteiger partial charge in [0.2, 0.25) is 0 Å². The van der Waals surface area contributed by atoms with Gasteiger partial charge in [-0.05, 0) is 12.1 Å². The summed E-state index contributed by atoms with van der Waals surface area (Å²) in [5.41, 5.74) is -0.653. The van der Waals surface area contributed by atoms with Gasteiger partial charge in [0, 0.05) is 4.90 Å². The molecule has 0 unspecified atom stereocenters. The predicted molar refractivity (Wildman–Crippen MR) is 42.4 cm³/mol. The van der Waals surface area contributed by atoms with Gasteiger partial charge in [-0.3, -0.25) is 4.79 Å². The molecule has 0 bridgehead atoms. The van der Waals surface area contributed by atoms with E-state index in [0.717, 1.165) is 12.1 Å². The summed E-state index contributed by atoms with van der Waals surface area (Å²) in [4.78, 5) is 10.2. The number of benzene rings is 1. The predicted octanol–water partition coefficient (Wildman–Crippen LogP) is 2.21. The van der Waals surface area contributed by atoms with Gasteiger partial charge in [0.05, 0.1) is 17.6 Å². The van der Waals surface area contributed by atoms with Crippen molar-refractivity contribution in [2.75, 3.05) is 0 Å². The molecular formula is C7H4F2O4S. The second kappa shape index (κ2) is 5.01. The zero-order valence-corrected chi connectivity index (χ0v) is 7.38. The monoisotopic (exact) mass is 222 g/mol. The molecule has 0 radical (unpaired) electrons. The summed E-state index contributed by atoms with van der Waals surface area (Å²) < 4.78 is 29.7. The summed E-state index contributed by atoms with van der Waals surface area (Å²) in [6.45, 7) is 0. The van der Waals surface area contributed by atoms with Crippen LogP contribution in [0.1, 0.15) is 10.4 Å². The zero-order chi connectivity index (χ0) is 10.6. The van der Waals surface area contributed by atoms with Crippen LogP contribution in [0.3, 0.4) is 0 Å². The second-order valence-corrected chi connectivity index (χ2v) is 2.92. The quantitative estimate of drug-likeness (QED) is 0.366. The molecular weight excluding hydrogens is 218 g/mol. The minimum absolute atomic E-state index is 0.0136. The van der Waals surface area contributed by atoms with Crippen molar-refractivity contribution in [2.24, 2.45) is 0 Å². The maximum atomic E-state index is 12.9. The first-order valence-electron chi connectivity index (χ1n) is 3.28. The van der Waals surface area contributed by atoms with Crippen molar-refractivity contribution in [1.29, 1.82) is 0 Å². The van der Waals surface area contributed by atoms with Crippen molar-refractivity contribution in [2.45, 2.75) is 4.90 Å². The fourth-order valence-electron chi connectivity index (χ4n) is 0.776. The van der Waals surface area contributed by atoms with Gasteiger partial charge in [0.1, 0.15) is 11.6 Å². The van der Waals surface area contributed by atoms with Gasteiger partial charge in [-0.2, -0.15) is 0 Å². The van der Waals surface area contributed by atoms with Crippen LogP contribution < -0.4 is 0 Å². The summed E-state index contributed by atoms with van der Waals surface area (Å²) >= 11 is 0.400. The molecule has 0 heterocycles. The maximum absolute atomic E-state index is 12.9. The highest BCUT2D eigenvalue weighted by atomic mass is 32.2. The molecule has 1 aromatic carbocycles. The van der Waals surface area contributed by atoms with Crippen LogP contribution in [-0.2, 0) is 9.37 Å². The molecule has 0 spiro atoms. The highest BCUT2D eigenvalue weighted by Gasteiger charge is 2.11. The van der Waals surface area contributed by atoms with Crippen molar-refractivity contribution in [3.05, 3.63) is 29.3 Å². The van der Waals surface area contributed by atoms with E-state index < -0.39 is 17.2 Å². The molecule has 0 atom stereocenters. The molecule has 0 fully saturated rings. The lowest BCUT2D eigenvalue weighted by molar-refractivity contribution is -0.432. The summed E-state index contributed by atoms with van der Waals surface area (Å²) in [6, 6.07) is 1.74. The first kappa shape index (κ1) is 11.1. The molecule has 0 aliphatic carbocycles. The lowest BCUT2D eigenvalue weighted by Gasteiger charge is -2.00. The van der Waals surface area contributed by atoms with Crippen molar-refractivity contribution in [3.8, 4) is 0 Å². The highest BCUT2D eigenvalue weighted by molar-refractivity contribution is 7.94. The van der Waals surface area contributed by atoms with Gasteiger partial charge in [-0.15, -0.1) is 4.33 Å². The fourth-order valence-corrected chi connectivity index (χ4v) is 1.19. The highest BCUT2D eigenvalue weighted by Crippen LogP contribution is 2.23. The molecule has 0 aromatic heterocycles. The third-order valence-electron chi connectivity index (χ3n) is 1.33. The van der Waals surface area contributed by atoms with Gasteiger partial charge in [0.15, 0.2) is 6.29 Å². The molecule has 0 saturated carbocycles. The van der Waals surface area contributed by atoms with Crippen LogP contribution >= 0.6 is 12.0 Å². The Balaban J connectivity index is 2.95. The van der Waals surface area contributed by atoms with Crippen molar-refractivity contribution < 1.29 is 28.2 Å². The summed E-state index contributed by atoms with van der Waals surface area (Å²) in [7, 11) is 0. The molecule has 0 amide bonds. The van der Waals surface area contributed by atoms with E-state index in [2.05, 4.69) is 9.37 Å². The molecule has 1 aromatic rings. The Morgan fingerprint density at radius 2 is 1.93 bits per heavy atom. The van der Waals surface area contributed by atoms with E-state index in [1.54, 1.807) is 0 Å². The SMILES string of the molecule is O=Cc1c(F)cc(SOOO)cc1F. The third kappa shape index (κ3) is 2.48. The Morgan fingerprint density at radius 3 is 2.36 bits per heavy atom. The van der Waals surface area contributed by atoms with E-state index in [9.17, 15) is 13.6 Å². The molecule has 14 heavy (non-hydrogen) atoms. The Hall–Kier alpha value is -1.02. The molecule has 1 rings (SSSR count). The van der Waals surface area contributed by atoms with Gasteiger partial charge >= 0.3 is 0 Å². The van der Waals surface area contributed by atoms with Crippen LogP contribution in [0.25, 0.3) is 0 Å². The summed E-state index contributed by atoms with van der Waals surface area (Å²) in [5.74, 6) is -2.02. The lowest BCUT2D eigenvalue weighted by atomic mass is 10.2. The average Bonchev–Trinajstić information content (AvgIpc) is 2.14. The van der Waals surface area contributed by atoms with Crippen molar-refractivity contribution in [3.63, 3.8) is 0 Å². The third-order valence-corrected chi connectivity index (χ3v) is 1.89. The molecule has 1 N–H and O–H groups in total. The Morgan fingerprint density at radius 1 is 1.36 bits per heavy atom. The Labute approximate surface area is 81.5 Å². The number of hydrogen-bond donors (Lipinski definition) is 1. The van der Waals surface area contributed by atoms with Crippen LogP contribution in [0.5, 0.6) is 0 Å². The van der Waals surface area contributed by atoms with E-state index in [-0.39, 0.29) is 11.2 Å². The molecule has 0 aliphatic heterocycles. The van der Waals surface area contributed by atoms with E-state index in [0.29, 0.717) is 12.0 Å². The smallest absolute Gasteiger partial charge is 0.155 e. The minimum atomic E-state index is -1.01. The summed E-state index contributed by atoms with van der Waals surface area (Å²) in [5, 5.41) is 11.0. The minimum Gasteiger partial charge on any atom is -0.298 e. The van der Waals surface area contributed by atoms with Crippen LogP contribution in [-0.4, -0.2) is 11.5 Å². The van der Waals surface area contributed by atoms with Crippen molar-refractivity contribution >= 4 is 18.3 Å². The van der Waals surface area contributed by atoms with Crippen LogP contribution in [0.4, 0.5) is 8.78 Å². The van der Waals surface area contributed by atoms with Crippen molar-refractivity contribution in [1.82, 2.24) is 0 Å². The van der Waals surface area contributed by atoms with Crippen LogP contribution in [0.2, 0.25) is 0 Å². The molecule has 0 aliphatic rings. The zero-order valence-electron chi connectivity index (χ0n) is 6.57. The van der Waals surface area contributed by atoms with Gasteiger partial charge < -0.3 is 0 Å². The number of halogens is 2. The topological polar surface area (TPSA) is 55.8 Å². The van der Waals surface area contributed by atoms with Gasteiger partial charge in [-0.25, -0.2) is 14.0 Å². The molecule has 4 nitrogen and oxygen atoms in total. The van der Waals surface area contributed by atoms with Gasteiger partial charge in [-0.1, -0.05) is 5.04 Å². The van der Waals surface area contributed by atoms with Crippen LogP contribution in [0.15, 0.2) is 17.0 Å². The fraction of sp³-hybridized carbons (Fsp3) is 0. The van der Waals surface area contributed by atoms with Gasteiger partial charge in [0.25, 0.3) is 0 Å². The maximum Gasteiger partial charge on any atom is 0.155 e. The van der Waals surface area contributed by atoms with E-state index in [1.165, 1.54) is 0 Å². The second-order valence-electron chi connectivity index (χ2n) is 2.14. The summed E-state index contributed by atoms with van der Waals surface area (Å²) in [6.07, 6.45) is 0.0719. The molecule has 7 heteroatoms. The molecule has 76 valence electrons. The normalized spacial score (nSPS) is 10.2. The van der Waals surface area contributed by atoms with E-state index >= 15 is 0 Å². The number of aldehydes is 1. The molecule has 0 saturated heterocycles. The lowest BCUT2D eigenvalue weighted by Crippen LogP contribution is -1.94. The average molecular weight is 222 g/mol. The number of carbonyl (C=O) groups excluding carboxylic acids is 1. The number of rotatable bonds is 4. The Bertz CT molecular complexity index is 321. The van der Waals surface area contributed by atoms with E-state index in [4.69, 9.17) is 5.26 Å². The number of carbonyl (C=O) groups is 1. The van der Waals surface area contributed by atoms with Crippen LogP contribution in [0, 0.1) is 11.6 Å². The van der Waals surface area contributed by atoms with E-state index in [1.807, 2.05) is 0 Å². The standard InChI is InChI=1S/C7H4F2O4S/c8-6-1-4(14-13-12-11)2-7(9)5(6)3-10/h1-3,11H. The Kier molecular flexibility index (Phi) is 3.96. The first-order chi connectivity index (χ1) is 6.69. The largest absolute Gasteiger partial charge is 0.298 e. The first-order valence-corrected chi connectivity index (χ1v) is 4.02. The number of hydrogen-bond acceptors (Lipinski definition) is 5.